The Bertz CT molecular complexity index is 889. The lowest BCUT2D eigenvalue weighted by atomic mass is 9.98. The van der Waals surface area contributed by atoms with Gasteiger partial charge in [0, 0.05) is 22.7 Å². The summed E-state index contributed by atoms with van der Waals surface area (Å²) < 4.78 is 0. The maximum atomic E-state index is 12.7. The first kappa shape index (κ1) is 16.9. The number of halogens is 1. The summed E-state index contributed by atoms with van der Waals surface area (Å²) in [6, 6.07) is 23.1. The van der Waals surface area contributed by atoms with Crippen LogP contribution in [0.25, 0.3) is 0 Å². The molecule has 3 nitrogen and oxygen atoms in total. The summed E-state index contributed by atoms with van der Waals surface area (Å²) in [7, 11) is 0. The summed E-state index contributed by atoms with van der Waals surface area (Å²) in [5.74, 6) is -0.483. The van der Waals surface area contributed by atoms with Gasteiger partial charge in [-0.15, -0.1) is 0 Å². The number of benzene rings is 3. The fourth-order valence-electron chi connectivity index (χ4n) is 2.51. The lowest BCUT2D eigenvalue weighted by Crippen LogP contribution is -2.25. The maximum absolute atomic E-state index is 12.7. The SMILES string of the molecule is O=C(NCc1ccccc1)c1ccccc1C(=O)c1ccc(Cl)cc1. The van der Waals surface area contributed by atoms with Crippen LogP contribution < -0.4 is 5.32 Å². The average molecular weight is 350 g/mol. The van der Waals surface area contributed by atoms with E-state index in [-0.39, 0.29) is 11.7 Å². The highest BCUT2D eigenvalue weighted by Crippen LogP contribution is 2.17. The van der Waals surface area contributed by atoms with Gasteiger partial charge in [0.2, 0.25) is 0 Å². The Hall–Kier alpha value is -2.91. The summed E-state index contributed by atoms with van der Waals surface area (Å²) in [4.78, 5) is 25.3. The fraction of sp³-hybridized carbons (Fsp3) is 0.0476. The molecular formula is C21H16ClNO2. The zero-order chi connectivity index (χ0) is 17.6. The largest absolute Gasteiger partial charge is 0.348 e. The molecule has 3 rings (SSSR count). The van der Waals surface area contributed by atoms with Crippen LogP contribution in [0.4, 0.5) is 0 Å². The van der Waals surface area contributed by atoms with Crippen molar-refractivity contribution in [3.05, 3.63) is 106 Å². The van der Waals surface area contributed by atoms with E-state index in [2.05, 4.69) is 5.32 Å². The Morgan fingerprint density at radius 1 is 0.760 bits per heavy atom. The first-order valence-electron chi connectivity index (χ1n) is 7.86. The molecule has 1 amide bonds. The van der Waals surface area contributed by atoms with Crippen molar-refractivity contribution in [1.29, 1.82) is 0 Å². The van der Waals surface area contributed by atoms with E-state index in [1.165, 1.54) is 0 Å². The summed E-state index contributed by atoms with van der Waals surface area (Å²) in [6.07, 6.45) is 0. The predicted molar refractivity (Wildman–Crippen MR) is 98.9 cm³/mol. The number of ketones is 1. The summed E-state index contributed by atoms with van der Waals surface area (Å²) in [5.41, 5.74) is 2.22. The van der Waals surface area contributed by atoms with E-state index in [1.54, 1.807) is 48.5 Å². The number of amides is 1. The average Bonchev–Trinajstić information content (AvgIpc) is 2.67. The molecule has 4 heteroatoms. The van der Waals surface area contributed by atoms with Crippen molar-refractivity contribution < 1.29 is 9.59 Å². The van der Waals surface area contributed by atoms with Crippen molar-refractivity contribution >= 4 is 23.3 Å². The molecule has 0 heterocycles. The highest BCUT2D eigenvalue weighted by Gasteiger charge is 2.17. The molecule has 0 aliphatic heterocycles. The van der Waals surface area contributed by atoms with E-state index in [0.717, 1.165) is 5.56 Å². The van der Waals surface area contributed by atoms with Gasteiger partial charge in [-0.05, 0) is 35.9 Å². The molecule has 0 saturated heterocycles. The molecule has 0 saturated carbocycles. The van der Waals surface area contributed by atoms with Gasteiger partial charge < -0.3 is 5.32 Å². The summed E-state index contributed by atoms with van der Waals surface area (Å²) in [5, 5.41) is 3.42. The lowest BCUT2D eigenvalue weighted by Gasteiger charge is -2.10. The second-order valence-corrected chi connectivity index (χ2v) is 5.99. The van der Waals surface area contributed by atoms with Gasteiger partial charge in [-0.1, -0.05) is 60.1 Å². The molecule has 0 aromatic heterocycles. The smallest absolute Gasteiger partial charge is 0.252 e. The third-order valence-corrected chi connectivity index (χ3v) is 4.07. The molecule has 0 unspecified atom stereocenters. The van der Waals surface area contributed by atoms with Gasteiger partial charge in [-0.25, -0.2) is 0 Å². The molecule has 0 atom stereocenters. The first-order chi connectivity index (χ1) is 12.1. The Labute approximate surface area is 151 Å². The number of rotatable bonds is 5. The van der Waals surface area contributed by atoms with E-state index < -0.39 is 0 Å². The van der Waals surface area contributed by atoms with Crippen LogP contribution in [0.3, 0.4) is 0 Å². The van der Waals surface area contributed by atoms with E-state index in [1.807, 2.05) is 30.3 Å². The van der Waals surface area contributed by atoms with Gasteiger partial charge in [0.05, 0.1) is 5.56 Å². The number of hydrogen-bond acceptors (Lipinski definition) is 2. The molecule has 0 spiro atoms. The standard InChI is InChI=1S/C21H16ClNO2/c22-17-12-10-16(11-13-17)20(24)18-8-4-5-9-19(18)21(25)23-14-15-6-2-1-3-7-15/h1-13H,14H2,(H,23,25). The van der Waals surface area contributed by atoms with E-state index in [0.29, 0.717) is 28.3 Å². The minimum absolute atomic E-state index is 0.206. The van der Waals surface area contributed by atoms with Crippen molar-refractivity contribution in [2.75, 3.05) is 0 Å². The van der Waals surface area contributed by atoms with Gasteiger partial charge in [-0.2, -0.15) is 0 Å². The molecule has 124 valence electrons. The first-order valence-corrected chi connectivity index (χ1v) is 8.24. The highest BCUT2D eigenvalue weighted by molar-refractivity contribution is 6.30. The Morgan fingerprint density at radius 2 is 1.36 bits per heavy atom. The number of carbonyl (C=O) groups excluding carboxylic acids is 2. The van der Waals surface area contributed by atoms with Gasteiger partial charge >= 0.3 is 0 Å². The van der Waals surface area contributed by atoms with Crippen molar-refractivity contribution in [2.45, 2.75) is 6.54 Å². The molecule has 3 aromatic carbocycles. The van der Waals surface area contributed by atoms with E-state index in [4.69, 9.17) is 11.6 Å². The minimum Gasteiger partial charge on any atom is -0.348 e. The van der Waals surface area contributed by atoms with Gasteiger partial charge in [0.1, 0.15) is 0 Å². The molecular weight excluding hydrogens is 334 g/mol. The zero-order valence-electron chi connectivity index (χ0n) is 13.4. The van der Waals surface area contributed by atoms with Crippen LogP contribution in [0.2, 0.25) is 5.02 Å². The predicted octanol–water partition coefficient (Wildman–Crippen LogP) is 4.50. The van der Waals surface area contributed by atoms with Crippen molar-refractivity contribution in [3.8, 4) is 0 Å². The molecule has 3 aromatic rings. The number of carbonyl (C=O) groups is 2. The Kier molecular flexibility index (Phi) is 5.26. The highest BCUT2D eigenvalue weighted by atomic mass is 35.5. The molecule has 0 aliphatic carbocycles. The van der Waals surface area contributed by atoms with Gasteiger partial charge in [0.25, 0.3) is 5.91 Å². The zero-order valence-corrected chi connectivity index (χ0v) is 14.2. The molecule has 0 bridgehead atoms. The lowest BCUT2D eigenvalue weighted by molar-refractivity contribution is 0.0939. The van der Waals surface area contributed by atoms with Crippen LogP contribution in [0.1, 0.15) is 31.8 Å². The topological polar surface area (TPSA) is 46.2 Å². The minimum atomic E-state index is -0.276. The van der Waals surface area contributed by atoms with E-state index >= 15 is 0 Å². The van der Waals surface area contributed by atoms with Gasteiger partial charge in [0.15, 0.2) is 5.78 Å². The molecule has 1 N–H and O–H groups in total. The van der Waals surface area contributed by atoms with E-state index in [9.17, 15) is 9.59 Å². The molecule has 0 radical (unpaired) electrons. The normalized spacial score (nSPS) is 10.3. The molecule has 0 aliphatic rings. The van der Waals surface area contributed by atoms with Crippen LogP contribution in [0.15, 0.2) is 78.9 Å². The summed E-state index contributed by atoms with van der Waals surface area (Å²) >= 11 is 5.87. The quantitative estimate of drug-likeness (QED) is 0.689. The van der Waals surface area contributed by atoms with Crippen LogP contribution in [0.5, 0.6) is 0 Å². The summed E-state index contributed by atoms with van der Waals surface area (Å²) in [6.45, 7) is 0.406. The van der Waals surface area contributed by atoms with Crippen molar-refractivity contribution in [1.82, 2.24) is 5.32 Å². The Morgan fingerprint density at radius 3 is 2.04 bits per heavy atom. The van der Waals surface area contributed by atoms with Gasteiger partial charge in [-0.3, -0.25) is 9.59 Å². The molecule has 0 fully saturated rings. The van der Waals surface area contributed by atoms with Crippen molar-refractivity contribution in [2.24, 2.45) is 0 Å². The molecule has 25 heavy (non-hydrogen) atoms. The number of nitrogens with one attached hydrogen (secondary N) is 1. The van der Waals surface area contributed by atoms with Crippen LogP contribution in [0, 0.1) is 0 Å². The second-order valence-electron chi connectivity index (χ2n) is 5.55. The maximum Gasteiger partial charge on any atom is 0.252 e. The third-order valence-electron chi connectivity index (χ3n) is 3.82. The third kappa shape index (κ3) is 4.14. The number of hydrogen-bond donors (Lipinski definition) is 1. The van der Waals surface area contributed by atoms with Crippen LogP contribution in [-0.2, 0) is 6.54 Å². The van der Waals surface area contributed by atoms with Crippen LogP contribution in [-0.4, -0.2) is 11.7 Å². The second kappa shape index (κ2) is 7.77. The van der Waals surface area contributed by atoms with Crippen molar-refractivity contribution in [3.63, 3.8) is 0 Å². The fourth-order valence-corrected chi connectivity index (χ4v) is 2.64. The van der Waals surface area contributed by atoms with Crippen LogP contribution >= 0.6 is 11.6 Å². The monoisotopic (exact) mass is 349 g/mol. The Balaban J connectivity index is 1.81.